The lowest BCUT2D eigenvalue weighted by Crippen LogP contribution is -2.50. The SMILES string of the molecule is Cc1cccc(C(=O)N2CCN(CC(N)=S)CC2)c1. The number of thiocarbonyl (C=S) groups is 1. The summed E-state index contributed by atoms with van der Waals surface area (Å²) >= 11 is 4.90. The minimum Gasteiger partial charge on any atom is -0.392 e. The maximum Gasteiger partial charge on any atom is 0.253 e. The van der Waals surface area contributed by atoms with Crippen molar-refractivity contribution in [2.75, 3.05) is 32.7 Å². The molecule has 1 aliphatic rings. The highest BCUT2D eigenvalue weighted by Crippen LogP contribution is 2.10. The first-order chi connectivity index (χ1) is 9.06. The predicted octanol–water partition coefficient (Wildman–Crippen LogP) is 1.04. The van der Waals surface area contributed by atoms with Crippen LogP contribution in [0.25, 0.3) is 0 Å². The van der Waals surface area contributed by atoms with Crippen molar-refractivity contribution < 1.29 is 4.79 Å². The van der Waals surface area contributed by atoms with E-state index in [1.807, 2.05) is 36.1 Å². The van der Waals surface area contributed by atoms with Crippen molar-refractivity contribution >= 4 is 23.1 Å². The molecule has 1 saturated heterocycles. The van der Waals surface area contributed by atoms with Gasteiger partial charge in [0, 0.05) is 38.3 Å². The third kappa shape index (κ3) is 3.75. The quantitative estimate of drug-likeness (QED) is 0.839. The fraction of sp³-hybridized carbons (Fsp3) is 0.429. The van der Waals surface area contributed by atoms with Crippen molar-refractivity contribution in [3.8, 4) is 0 Å². The zero-order valence-electron chi connectivity index (χ0n) is 11.1. The Kier molecular flexibility index (Phi) is 4.50. The maximum absolute atomic E-state index is 12.3. The second-order valence-corrected chi connectivity index (χ2v) is 5.43. The predicted molar refractivity (Wildman–Crippen MR) is 80.3 cm³/mol. The number of nitrogens with zero attached hydrogens (tertiary/aromatic N) is 2. The Hall–Kier alpha value is -1.46. The highest BCUT2D eigenvalue weighted by Gasteiger charge is 2.22. The largest absolute Gasteiger partial charge is 0.392 e. The summed E-state index contributed by atoms with van der Waals surface area (Å²) in [6.45, 7) is 5.76. The van der Waals surface area contributed by atoms with Gasteiger partial charge in [-0.25, -0.2) is 0 Å². The van der Waals surface area contributed by atoms with E-state index in [0.717, 1.165) is 37.3 Å². The van der Waals surface area contributed by atoms with Crippen LogP contribution in [0.2, 0.25) is 0 Å². The average molecular weight is 277 g/mol. The standard InChI is InChI=1S/C14H19N3OS/c1-11-3-2-4-12(9-11)14(18)17-7-5-16(6-8-17)10-13(15)19/h2-4,9H,5-8,10H2,1H3,(H2,15,19). The van der Waals surface area contributed by atoms with Crippen LogP contribution < -0.4 is 5.73 Å². The molecule has 0 radical (unpaired) electrons. The number of benzene rings is 1. The molecule has 102 valence electrons. The molecule has 1 aliphatic heterocycles. The zero-order chi connectivity index (χ0) is 13.8. The van der Waals surface area contributed by atoms with E-state index in [-0.39, 0.29) is 5.91 Å². The fourth-order valence-electron chi connectivity index (χ4n) is 2.29. The fourth-order valence-corrected chi connectivity index (χ4v) is 2.47. The first-order valence-electron chi connectivity index (χ1n) is 6.43. The molecule has 5 heteroatoms. The van der Waals surface area contributed by atoms with Crippen LogP contribution in [0.3, 0.4) is 0 Å². The number of hydrogen-bond donors (Lipinski definition) is 1. The Bertz CT molecular complexity index is 481. The Morgan fingerprint density at radius 3 is 2.58 bits per heavy atom. The van der Waals surface area contributed by atoms with Crippen LogP contribution >= 0.6 is 12.2 Å². The minimum absolute atomic E-state index is 0.110. The van der Waals surface area contributed by atoms with Crippen molar-refractivity contribution in [3.63, 3.8) is 0 Å². The first-order valence-corrected chi connectivity index (χ1v) is 6.83. The molecule has 1 fully saturated rings. The third-order valence-corrected chi connectivity index (χ3v) is 3.43. The molecule has 0 bridgehead atoms. The second kappa shape index (κ2) is 6.12. The summed E-state index contributed by atoms with van der Waals surface area (Å²) in [5, 5.41) is 0. The Balaban J connectivity index is 1.94. The van der Waals surface area contributed by atoms with Gasteiger partial charge in [0.15, 0.2) is 0 Å². The molecule has 0 aromatic heterocycles. The van der Waals surface area contributed by atoms with E-state index in [4.69, 9.17) is 18.0 Å². The monoisotopic (exact) mass is 277 g/mol. The lowest BCUT2D eigenvalue weighted by Gasteiger charge is -2.34. The number of rotatable bonds is 3. The van der Waals surface area contributed by atoms with Gasteiger partial charge in [-0.1, -0.05) is 29.9 Å². The summed E-state index contributed by atoms with van der Waals surface area (Å²) in [4.78, 5) is 16.9. The minimum atomic E-state index is 0.110. The van der Waals surface area contributed by atoms with Crippen LogP contribution in [0, 0.1) is 6.92 Å². The molecule has 19 heavy (non-hydrogen) atoms. The molecular formula is C14H19N3OS. The van der Waals surface area contributed by atoms with Crippen LogP contribution in [0.4, 0.5) is 0 Å². The van der Waals surface area contributed by atoms with E-state index in [2.05, 4.69) is 4.90 Å². The van der Waals surface area contributed by atoms with E-state index in [1.165, 1.54) is 0 Å². The van der Waals surface area contributed by atoms with E-state index >= 15 is 0 Å². The van der Waals surface area contributed by atoms with Crippen molar-refractivity contribution in [3.05, 3.63) is 35.4 Å². The smallest absolute Gasteiger partial charge is 0.253 e. The van der Waals surface area contributed by atoms with E-state index in [9.17, 15) is 4.79 Å². The molecule has 1 amide bonds. The van der Waals surface area contributed by atoms with Crippen molar-refractivity contribution in [2.24, 2.45) is 5.73 Å². The van der Waals surface area contributed by atoms with Crippen LogP contribution in [0.1, 0.15) is 15.9 Å². The topological polar surface area (TPSA) is 49.6 Å². The number of carbonyl (C=O) groups is 1. The molecule has 2 rings (SSSR count). The van der Waals surface area contributed by atoms with E-state index in [1.54, 1.807) is 0 Å². The number of amides is 1. The van der Waals surface area contributed by atoms with Gasteiger partial charge >= 0.3 is 0 Å². The van der Waals surface area contributed by atoms with Crippen LogP contribution in [0.5, 0.6) is 0 Å². The molecular weight excluding hydrogens is 258 g/mol. The van der Waals surface area contributed by atoms with Crippen LogP contribution in [-0.4, -0.2) is 53.4 Å². The molecule has 0 atom stereocenters. The Morgan fingerprint density at radius 2 is 2.00 bits per heavy atom. The van der Waals surface area contributed by atoms with E-state index in [0.29, 0.717) is 11.5 Å². The Morgan fingerprint density at radius 1 is 1.32 bits per heavy atom. The highest BCUT2D eigenvalue weighted by molar-refractivity contribution is 7.80. The molecule has 1 heterocycles. The second-order valence-electron chi connectivity index (χ2n) is 4.90. The van der Waals surface area contributed by atoms with Gasteiger partial charge in [0.25, 0.3) is 5.91 Å². The summed E-state index contributed by atoms with van der Waals surface area (Å²) < 4.78 is 0. The van der Waals surface area contributed by atoms with Crippen molar-refractivity contribution in [1.82, 2.24) is 9.80 Å². The summed E-state index contributed by atoms with van der Waals surface area (Å²) in [6.07, 6.45) is 0. The molecule has 4 nitrogen and oxygen atoms in total. The highest BCUT2D eigenvalue weighted by atomic mass is 32.1. The van der Waals surface area contributed by atoms with Gasteiger partial charge in [0.1, 0.15) is 0 Å². The number of piperazine rings is 1. The number of nitrogens with two attached hydrogens (primary N) is 1. The average Bonchev–Trinajstić information content (AvgIpc) is 2.38. The summed E-state index contributed by atoms with van der Waals surface area (Å²) in [6, 6.07) is 7.73. The molecule has 0 unspecified atom stereocenters. The zero-order valence-corrected chi connectivity index (χ0v) is 11.9. The number of carbonyl (C=O) groups excluding carboxylic acids is 1. The van der Waals surface area contributed by atoms with Gasteiger partial charge in [0.05, 0.1) is 4.99 Å². The summed E-state index contributed by atoms with van der Waals surface area (Å²) in [7, 11) is 0. The lowest BCUT2D eigenvalue weighted by atomic mass is 10.1. The van der Waals surface area contributed by atoms with Crippen LogP contribution in [-0.2, 0) is 0 Å². The molecule has 0 aliphatic carbocycles. The van der Waals surface area contributed by atoms with Crippen LogP contribution in [0.15, 0.2) is 24.3 Å². The molecule has 0 spiro atoms. The molecule has 1 aromatic carbocycles. The first kappa shape index (κ1) is 14.0. The molecule has 0 saturated carbocycles. The normalized spacial score (nSPS) is 16.4. The Labute approximate surface area is 119 Å². The summed E-state index contributed by atoms with van der Waals surface area (Å²) in [5.74, 6) is 0.110. The number of hydrogen-bond acceptors (Lipinski definition) is 3. The van der Waals surface area contributed by atoms with Gasteiger partial charge < -0.3 is 10.6 Å². The molecule has 2 N–H and O–H groups in total. The number of aryl methyl sites for hydroxylation is 1. The van der Waals surface area contributed by atoms with Crippen molar-refractivity contribution in [1.29, 1.82) is 0 Å². The van der Waals surface area contributed by atoms with Gasteiger partial charge in [-0.05, 0) is 19.1 Å². The lowest BCUT2D eigenvalue weighted by molar-refractivity contribution is 0.0654. The van der Waals surface area contributed by atoms with Crippen molar-refractivity contribution in [2.45, 2.75) is 6.92 Å². The van der Waals surface area contributed by atoms with Gasteiger partial charge in [-0.15, -0.1) is 0 Å². The van der Waals surface area contributed by atoms with Gasteiger partial charge in [-0.3, -0.25) is 9.69 Å². The van der Waals surface area contributed by atoms with Gasteiger partial charge in [0.2, 0.25) is 0 Å². The third-order valence-electron chi connectivity index (χ3n) is 3.30. The van der Waals surface area contributed by atoms with Gasteiger partial charge in [-0.2, -0.15) is 0 Å². The van der Waals surface area contributed by atoms with E-state index < -0.39 is 0 Å². The molecule has 1 aromatic rings. The maximum atomic E-state index is 12.3. The summed E-state index contributed by atoms with van der Waals surface area (Å²) in [5.41, 5.74) is 7.41.